The van der Waals surface area contributed by atoms with Crippen molar-refractivity contribution in [2.45, 2.75) is 19.9 Å². The Morgan fingerprint density at radius 3 is 2.81 bits per heavy atom. The number of benzene rings is 1. The molecule has 1 aromatic heterocycles. The molecule has 1 aromatic carbocycles. The highest BCUT2D eigenvalue weighted by atomic mass is 16.6. The molecule has 0 saturated carbocycles. The van der Waals surface area contributed by atoms with Crippen molar-refractivity contribution < 1.29 is 9.66 Å². The number of rotatable bonds is 6. The molecule has 2 rings (SSSR count). The third kappa shape index (κ3) is 4.17. The Hall–Kier alpha value is -2.63. The van der Waals surface area contributed by atoms with Crippen LogP contribution in [0.2, 0.25) is 0 Å². The predicted molar refractivity (Wildman–Crippen MR) is 78.6 cm³/mol. The zero-order valence-corrected chi connectivity index (χ0v) is 11.7. The number of hydrogen-bond acceptors (Lipinski definition) is 4. The normalized spacial score (nSPS) is 10.3. The van der Waals surface area contributed by atoms with Crippen LogP contribution < -0.4 is 10.3 Å². The molecule has 0 unspecified atom stereocenters. The molecule has 6 heteroatoms. The second-order valence-corrected chi connectivity index (χ2v) is 4.69. The Morgan fingerprint density at radius 1 is 1.29 bits per heavy atom. The highest BCUT2D eigenvalue weighted by molar-refractivity contribution is 5.27. The van der Waals surface area contributed by atoms with Crippen LogP contribution in [-0.4, -0.2) is 16.1 Å². The van der Waals surface area contributed by atoms with Crippen molar-refractivity contribution >= 4 is 5.69 Å². The fourth-order valence-corrected chi connectivity index (χ4v) is 1.93. The van der Waals surface area contributed by atoms with Crippen molar-refractivity contribution in [3.05, 3.63) is 68.6 Å². The minimum absolute atomic E-state index is 0.0887. The quantitative estimate of drug-likeness (QED) is 0.465. The molecule has 0 amide bonds. The van der Waals surface area contributed by atoms with Crippen molar-refractivity contribution in [1.29, 1.82) is 0 Å². The van der Waals surface area contributed by atoms with Gasteiger partial charge in [0.05, 0.1) is 17.7 Å². The van der Waals surface area contributed by atoms with Gasteiger partial charge < -0.3 is 9.30 Å². The molecule has 0 saturated heterocycles. The van der Waals surface area contributed by atoms with E-state index in [-0.39, 0.29) is 11.2 Å². The molecule has 0 radical (unpaired) electrons. The van der Waals surface area contributed by atoms with Crippen LogP contribution in [-0.2, 0) is 6.54 Å². The summed E-state index contributed by atoms with van der Waals surface area (Å²) < 4.78 is 6.91. The molecule has 0 aliphatic rings. The number of aromatic nitrogens is 1. The lowest BCUT2D eigenvalue weighted by atomic mass is 10.2. The number of ether oxygens (including phenoxy) is 1. The van der Waals surface area contributed by atoms with Gasteiger partial charge >= 0.3 is 0 Å². The largest absolute Gasteiger partial charge is 0.494 e. The van der Waals surface area contributed by atoms with Gasteiger partial charge in [0.15, 0.2) is 0 Å². The Balaban J connectivity index is 1.90. The molecular weight excluding hydrogens is 272 g/mol. The Bertz CT molecular complexity index is 694. The Morgan fingerprint density at radius 2 is 2.10 bits per heavy atom. The van der Waals surface area contributed by atoms with Gasteiger partial charge in [0.25, 0.3) is 11.2 Å². The second kappa shape index (κ2) is 6.69. The summed E-state index contributed by atoms with van der Waals surface area (Å²) >= 11 is 0. The fourth-order valence-electron chi connectivity index (χ4n) is 1.93. The van der Waals surface area contributed by atoms with Crippen molar-refractivity contribution in [2.75, 3.05) is 6.61 Å². The summed E-state index contributed by atoms with van der Waals surface area (Å²) in [5, 5.41) is 10.7. The van der Waals surface area contributed by atoms with Gasteiger partial charge in [-0.25, -0.2) is 0 Å². The molecule has 21 heavy (non-hydrogen) atoms. The average Bonchev–Trinajstić information content (AvgIpc) is 2.45. The summed E-state index contributed by atoms with van der Waals surface area (Å²) in [6, 6.07) is 10.1. The maximum atomic E-state index is 11.6. The van der Waals surface area contributed by atoms with E-state index in [4.69, 9.17) is 4.74 Å². The van der Waals surface area contributed by atoms with Crippen molar-refractivity contribution in [1.82, 2.24) is 4.57 Å². The average molecular weight is 288 g/mol. The monoisotopic (exact) mass is 288 g/mol. The van der Waals surface area contributed by atoms with Gasteiger partial charge in [-0.1, -0.05) is 12.1 Å². The molecule has 1 heterocycles. The summed E-state index contributed by atoms with van der Waals surface area (Å²) in [5.41, 5.74) is 0.771. The lowest BCUT2D eigenvalue weighted by Crippen LogP contribution is -2.20. The smallest absolute Gasteiger partial charge is 0.285 e. The zero-order chi connectivity index (χ0) is 15.2. The third-order valence-corrected chi connectivity index (χ3v) is 2.98. The number of nitrogens with zero attached hydrogens (tertiary/aromatic N) is 2. The molecule has 110 valence electrons. The van der Waals surface area contributed by atoms with Crippen LogP contribution in [0.3, 0.4) is 0 Å². The van der Waals surface area contributed by atoms with Gasteiger partial charge in [0, 0.05) is 18.7 Å². The molecular formula is C15H16N2O4. The maximum absolute atomic E-state index is 11.6. The maximum Gasteiger partial charge on any atom is 0.285 e. The van der Waals surface area contributed by atoms with E-state index in [0.717, 1.165) is 11.3 Å². The Kier molecular flexibility index (Phi) is 4.71. The number of nitro groups is 1. The van der Waals surface area contributed by atoms with Gasteiger partial charge in [0.2, 0.25) is 0 Å². The molecule has 0 spiro atoms. The van der Waals surface area contributed by atoms with Crippen LogP contribution in [0.25, 0.3) is 0 Å². The molecule has 0 aliphatic carbocycles. The summed E-state index contributed by atoms with van der Waals surface area (Å²) in [5.74, 6) is 0.779. The first-order valence-corrected chi connectivity index (χ1v) is 6.60. The first-order chi connectivity index (χ1) is 10.1. The summed E-state index contributed by atoms with van der Waals surface area (Å²) in [4.78, 5) is 21.8. The molecule has 0 fully saturated rings. The predicted octanol–water partition coefficient (Wildman–Crippen LogP) is 2.53. The zero-order valence-electron chi connectivity index (χ0n) is 11.7. The van der Waals surface area contributed by atoms with Gasteiger partial charge in [-0.2, -0.15) is 0 Å². The molecule has 0 bridgehead atoms. The van der Waals surface area contributed by atoms with Crippen LogP contribution >= 0.6 is 0 Å². The molecule has 0 aliphatic heterocycles. The lowest BCUT2D eigenvalue weighted by molar-refractivity contribution is -0.385. The van der Waals surface area contributed by atoms with Crippen molar-refractivity contribution in [3.63, 3.8) is 0 Å². The van der Waals surface area contributed by atoms with E-state index < -0.39 is 4.92 Å². The van der Waals surface area contributed by atoms with Gasteiger partial charge in [-0.3, -0.25) is 14.9 Å². The number of aryl methyl sites for hydroxylation is 2. The van der Waals surface area contributed by atoms with E-state index in [1.807, 2.05) is 31.2 Å². The van der Waals surface area contributed by atoms with Gasteiger partial charge in [-0.15, -0.1) is 0 Å². The minimum atomic E-state index is -0.515. The van der Waals surface area contributed by atoms with Crippen molar-refractivity contribution in [3.8, 4) is 5.75 Å². The minimum Gasteiger partial charge on any atom is -0.494 e. The highest BCUT2D eigenvalue weighted by Crippen LogP contribution is 2.12. The third-order valence-electron chi connectivity index (χ3n) is 2.98. The summed E-state index contributed by atoms with van der Waals surface area (Å²) in [6.07, 6.45) is 1.85. The molecule has 0 N–H and O–H groups in total. The lowest BCUT2D eigenvalue weighted by Gasteiger charge is -2.08. The summed E-state index contributed by atoms with van der Waals surface area (Å²) in [6.45, 7) is 2.81. The number of hydrogen-bond donors (Lipinski definition) is 0. The van der Waals surface area contributed by atoms with Gasteiger partial charge in [-0.05, 0) is 31.0 Å². The second-order valence-electron chi connectivity index (χ2n) is 4.69. The van der Waals surface area contributed by atoms with E-state index in [1.165, 1.54) is 22.9 Å². The van der Waals surface area contributed by atoms with Crippen molar-refractivity contribution in [2.24, 2.45) is 0 Å². The number of pyridine rings is 1. The first kappa shape index (κ1) is 14.8. The van der Waals surface area contributed by atoms with Crippen LogP contribution in [0.15, 0.2) is 47.4 Å². The van der Waals surface area contributed by atoms with E-state index in [9.17, 15) is 14.9 Å². The van der Waals surface area contributed by atoms with E-state index in [1.54, 1.807) is 0 Å². The van der Waals surface area contributed by atoms with E-state index >= 15 is 0 Å². The van der Waals surface area contributed by atoms with Crippen LogP contribution in [0.1, 0.15) is 12.0 Å². The molecule has 0 atom stereocenters. The van der Waals surface area contributed by atoms with Crippen LogP contribution in [0, 0.1) is 17.0 Å². The topological polar surface area (TPSA) is 74.4 Å². The van der Waals surface area contributed by atoms with Gasteiger partial charge in [0.1, 0.15) is 5.75 Å². The van der Waals surface area contributed by atoms with E-state index in [0.29, 0.717) is 19.6 Å². The van der Waals surface area contributed by atoms with Crippen LogP contribution in [0.4, 0.5) is 5.69 Å². The molecule has 2 aromatic rings. The van der Waals surface area contributed by atoms with Crippen LogP contribution in [0.5, 0.6) is 5.75 Å². The standard InChI is InChI=1S/C15H16N2O4/c1-12-4-2-5-14(10-12)21-9-3-8-16-11-13(17(19)20)6-7-15(16)18/h2,4-7,10-11H,3,8-9H2,1H3. The summed E-state index contributed by atoms with van der Waals surface area (Å²) in [7, 11) is 0. The SMILES string of the molecule is Cc1cccc(OCCCn2cc([N+](=O)[O-])ccc2=O)c1. The first-order valence-electron chi connectivity index (χ1n) is 6.60. The molecule has 6 nitrogen and oxygen atoms in total. The Labute approximate surface area is 121 Å². The highest BCUT2D eigenvalue weighted by Gasteiger charge is 2.07. The fraction of sp³-hybridized carbons (Fsp3) is 0.267. The van der Waals surface area contributed by atoms with E-state index in [2.05, 4.69) is 0 Å².